The summed E-state index contributed by atoms with van der Waals surface area (Å²) in [7, 11) is 0. The molecule has 0 saturated heterocycles. The molecule has 0 amide bonds. The molecule has 0 fully saturated rings. The molecule has 0 bridgehead atoms. The zero-order valence-electron chi connectivity index (χ0n) is 6.58. The Morgan fingerprint density at radius 2 is 2.17 bits per heavy atom. The summed E-state index contributed by atoms with van der Waals surface area (Å²) >= 11 is 3.41. The van der Waals surface area contributed by atoms with Crippen molar-refractivity contribution < 1.29 is 0 Å². The number of nitrogens with zero attached hydrogens (tertiary/aromatic N) is 2. The number of fused-ring (bicyclic) bond motifs is 1. The highest BCUT2D eigenvalue weighted by Crippen LogP contribution is 2.21. The first kappa shape index (κ1) is 7.68. The predicted octanol–water partition coefficient (Wildman–Crippen LogP) is 2.70. The molecule has 0 radical (unpaired) electrons. The van der Waals surface area contributed by atoms with E-state index in [-0.39, 0.29) is 0 Å². The molecule has 3 heteroatoms. The van der Waals surface area contributed by atoms with E-state index in [4.69, 9.17) is 0 Å². The number of hydrogen-bond acceptors (Lipinski definition) is 2. The molecule has 2 nitrogen and oxygen atoms in total. The van der Waals surface area contributed by atoms with Crippen molar-refractivity contribution in [2.45, 2.75) is 6.92 Å². The Morgan fingerprint density at radius 3 is 2.92 bits per heavy atom. The van der Waals surface area contributed by atoms with Crippen molar-refractivity contribution in [2.24, 2.45) is 0 Å². The van der Waals surface area contributed by atoms with E-state index >= 15 is 0 Å². The van der Waals surface area contributed by atoms with Gasteiger partial charge in [-0.25, -0.2) is 0 Å². The third kappa shape index (κ3) is 1.10. The molecular weight excluding hydrogens is 216 g/mol. The van der Waals surface area contributed by atoms with Gasteiger partial charge < -0.3 is 0 Å². The number of rotatable bonds is 0. The van der Waals surface area contributed by atoms with Gasteiger partial charge in [0.2, 0.25) is 0 Å². The lowest BCUT2D eigenvalue weighted by molar-refractivity contribution is 1.21. The molecular formula is C9H7BrN2. The van der Waals surface area contributed by atoms with Crippen molar-refractivity contribution in [3.05, 3.63) is 34.7 Å². The van der Waals surface area contributed by atoms with Crippen LogP contribution in [0, 0.1) is 6.92 Å². The van der Waals surface area contributed by atoms with Gasteiger partial charge in [-0.2, -0.15) is 0 Å². The van der Waals surface area contributed by atoms with Crippen LogP contribution < -0.4 is 0 Å². The second-order valence-corrected chi connectivity index (χ2v) is 3.45. The fourth-order valence-corrected chi connectivity index (χ4v) is 1.59. The van der Waals surface area contributed by atoms with Crippen molar-refractivity contribution in [1.82, 2.24) is 9.97 Å². The number of pyridine rings is 2. The molecule has 2 aromatic heterocycles. The van der Waals surface area contributed by atoms with E-state index in [2.05, 4.69) is 25.9 Å². The van der Waals surface area contributed by atoms with E-state index in [1.807, 2.05) is 19.1 Å². The van der Waals surface area contributed by atoms with Gasteiger partial charge in [0, 0.05) is 23.5 Å². The first-order valence-electron chi connectivity index (χ1n) is 3.65. The molecule has 60 valence electrons. The van der Waals surface area contributed by atoms with Gasteiger partial charge in [0.1, 0.15) is 0 Å². The maximum Gasteiger partial charge on any atom is 0.0877 e. The van der Waals surface area contributed by atoms with Crippen molar-refractivity contribution in [2.75, 3.05) is 0 Å². The summed E-state index contributed by atoms with van der Waals surface area (Å²) in [4.78, 5) is 8.47. The lowest BCUT2D eigenvalue weighted by atomic mass is 10.2. The highest BCUT2D eigenvalue weighted by atomic mass is 79.9. The summed E-state index contributed by atoms with van der Waals surface area (Å²) in [6.45, 7) is 1.98. The number of hydrogen-bond donors (Lipinski definition) is 0. The van der Waals surface area contributed by atoms with Crippen LogP contribution in [0.1, 0.15) is 5.69 Å². The summed E-state index contributed by atoms with van der Waals surface area (Å²) in [5.74, 6) is 0. The molecule has 12 heavy (non-hydrogen) atoms. The van der Waals surface area contributed by atoms with E-state index in [1.54, 1.807) is 12.4 Å². The monoisotopic (exact) mass is 222 g/mol. The van der Waals surface area contributed by atoms with Crippen LogP contribution in [-0.4, -0.2) is 9.97 Å². The molecule has 0 aromatic carbocycles. The van der Waals surface area contributed by atoms with Gasteiger partial charge in [0.05, 0.1) is 9.99 Å². The fraction of sp³-hybridized carbons (Fsp3) is 0.111. The third-order valence-corrected chi connectivity index (χ3v) is 2.38. The lowest BCUT2D eigenvalue weighted by Crippen LogP contribution is -1.86. The van der Waals surface area contributed by atoms with Crippen LogP contribution in [0.25, 0.3) is 10.9 Å². The predicted molar refractivity (Wildman–Crippen MR) is 52.0 cm³/mol. The second kappa shape index (κ2) is 2.83. The number of aryl methyl sites for hydroxylation is 1. The zero-order valence-corrected chi connectivity index (χ0v) is 8.17. The quantitative estimate of drug-likeness (QED) is 0.686. The Hall–Kier alpha value is -0.960. The normalized spacial score (nSPS) is 10.5. The molecule has 2 heterocycles. The van der Waals surface area contributed by atoms with Crippen LogP contribution in [0.5, 0.6) is 0 Å². The lowest BCUT2D eigenvalue weighted by Gasteiger charge is -2.00. The summed E-state index contributed by atoms with van der Waals surface area (Å²) in [6.07, 6.45) is 3.57. The smallest absolute Gasteiger partial charge is 0.0877 e. The first-order chi connectivity index (χ1) is 5.79. The van der Waals surface area contributed by atoms with E-state index < -0.39 is 0 Å². The Balaban J connectivity index is 2.95. The maximum absolute atomic E-state index is 4.25. The van der Waals surface area contributed by atoms with Gasteiger partial charge in [-0.1, -0.05) is 0 Å². The van der Waals surface area contributed by atoms with Gasteiger partial charge in [-0.15, -0.1) is 0 Å². The standard InChI is InChI=1S/C9H7BrN2/c1-6-7-3-2-4-11-9(7)8(10)5-12-6/h2-5H,1H3. The number of aromatic nitrogens is 2. The molecule has 0 N–H and O–H groups in total. The van der Waals surface area contributed by atoms with Crippen molar-refractivity contribution >= 4 is 26.8 Å². The molecule has 0 aliphatic rings. The van der Waals surface area contributed by atoms with E-state index in [0.29, 0.717) is 0 Å². The minimum atomic E-state index is 0.948. The van der Waals surface area contributed by atoms with Crippen molar-refractivity contribution in [3.8, 4) is 0 Å². The fourth-order valence-electron chi connectivity index (χ4n) is 1.17. The summed E-state index contributed by atoms with van der Waals surface area (Å²) in [5, 5.41) is 1.10. The minimum absolute atomic E-state index is 0.948. The summed E-state index contributed by atoms with van der Waals surface area (Å²) in [5.41, 5.74) is 1.99. The zero-order chi connectivity index (χ0) is 8.55. The van der Waals surface area contributed by atoms with E-state index in [9.17, 15) is 0 Å². The minimum Gasteiger partial charge on any atom is -0.260 e. The summed E-state index contributed by atoms with van der Waals surface area (Å²) in [6, 6.07) is 3.94. The van der Waals surface area contributed by atoms with Crippen LogP contribution in [0.2, 0.25) is 0 Å². The van der Waals surface area contributed by atoms with E-state index in [1.165, 1.54) is 0 Å². The van der Waals surface area contributed by atoms with Crippen LogP contribution in [0.3, 0.4) is 0 Å². The Labute approximate surface area is 78.8 Å². The molecule has 0 unspecified atom stereocenters. The van der Waals surface area contributed by atoms with Gasteiger partial charge in [0.25, 0.3) is 0 Å². The van der Waals surface area contributed by atoms with Gasteiger partial charge in [0.15, 0.2) is 0 Å². The highest BCUT2D eigenvalue weighted by Gasteiger charge is 2.01. The summed E-state index contributed by atoms with van der Waals surface area (Å²) < 4.78 is 0.948. The van der Waals surface area contributed by atoms with Gasteiger partial charge in [-0.05, 0) is 35.0 Å². The first-order valence-corrected chi connectivity index (χ1v) is 4.44. The molecule has 0 aliphatic heterocycles. The average Bonchev–Trinajstić information content (AvgIpc) is 2.12. The van der Waals surface area contributed by atoms with Crippen LogP contribution in [0.4, 0.5) is 0 Å². The topological polar surface area (TPSA) is 25.8 Å². The molecule has 0 spiro atoms. The molecule has 0 saturated carbocycles. The molecule has 2 rings (SSSR count). The van der Waals surface area contributed by atoms with Crippen LogP contribution in [0.15, 0.2) is 29.0 Å². The number of halogens is 1. The SMILES string of the molecule is Cc1ncc(Br)c2ncccc12. The Bertz CT molecular complexity index is 385. The van der Waals surface area contributed by atoms with Gasteiger partial charge in [-0.3, -0.25) is 9.97 Å². The molecule has 0 atom stereocenters. The Morgan fingerprint density at radius 1 is 1.33 bits per heavy atom. The Kier molecular flexibility index (Phi) is 1.81. The van der Waals surface area contributed by atoms with Gasteiger partial charge >= 0.3 is 0 Å². The maximum atomic E-state index is 4.25. The molecule has 2 aromatic rings. The largest absolute Gasteiger partial charge is 0.260 e. The average molecular weight is 223 g/mol. The second-order valence-electron chi connectivity index (χ2n) is 2.59. The van der Waals surface area contributed by atoms with Crippen LogP contribution >= 0.6 is 15.9 Å². The molecule has 0 aliphatic carbocycles. The highest BCUT2D eigenvalue weighted by molar-refractivity contribution is 9.10. The van der Waals surface area contributed by atoms with Crippen molar-refractivity contribution in [3.63, 3.8) is 0 Å². The van der Waals surface area contributed by atoms with Crippen molar-refractivity contribution in [1.29, 1.82) is 0 Å². The van der Waals surface area contributed by atoms with Crippen LogP contribution in [-0.2, 0) is 0 Å². The third-order valence-electron chi connectivity index (χ3n) is 1.80. The van der Waals surface area contributed by atoms with E-state index in [0.717, 1.165) is 21.1 Å².